The summed E-state index contributed by atoms with van der Waals surface area (Å²) in [5.41, 5.74) is 0.688. The molecule has 2 aromatic carbocycles. The van der Waals surface area contributed by atoms with Gasteiger partial charge in [0.05, 0.1) is 22.3 Å². The van der Waals surface area contributed by atoms with Crippen LogP contribution in [-0.4, -0.2) is 53.6 Å². The number of rotatable bonds is 8. The van der Waals surface area contributed by atoms with Gasteiger partial charge in [-0.15, -0.1) is 0 Å². The predicted octanol–water partition coefficient (Wildman–Crippen LogP) is 1.86. The van der Waals surface area contributed by atoms with Crippen LogP contribution in [0.4, 0.5) is 0 Å². The number of nitrogens with one attached hydrogen (secondary N) is 1. The number of hydrogen-bond acceptors (Lipinski definition) is 8. The maximum Gasteiger partial charge on any atom is 0.310 e. The van der Waals surface area contributed by atoms with Gasteiger partial charge in [-0.2, -0.15) is 4.31 Å². The molecule has 1 unspecified atom stereocenters. The zero-order valence-electron chi connectivity index (χ0n) is 18.6. The average molecular weight is 511 g/mol. The minimum Gasteiger partial charge on any atom is -0.466 e. The number of piperidine rings is 1. The van der Waals surface area contributed by atoms with E-state index in [1.807, 2.05) is 0 Å². The molecule has 0 aromatic heterocycles. The summed E-state index contributed by atoms with van der Waals surface area (Å²) in [5, 5.41) is 0. The minimum atomic E-state index is -3.88. The molecule has 2 aliphatic heterocycles. The molecule has 34 heavy (non-hydrogen) atoms. The zero-order chi connectivity index (χ0) is 24.3. The van der Waals surface area contributed by atoms with Gasteiger partial charge in [0.2, 0.25) is 26.8 Å². The van der Waals surface area contributed by atoms with Gasteiger partial charge in [-0.1, -0.05) is 6.07 Å². The molecular formula is C22H26N2O8S2. The van der Waals surface area contributed by atoms with E-state index in [-0.39, 0.29) is 42.8 Å². The van der Waals surface area contributed by atoms with Crippen molar-refractivity contribution in [2.45, 2.75) is 36.1 Å². The first-order chi connectivity index (χ1) is 16.2. The third kappa shape index (κ3) is 5.19. The van der Waals surface area contributed by atoms with Gasteiger partial charge in [-0.25, -0.2) is 21.6 Å². The van der Waals surface area contributed by atoms with Gasteiger partial charge in [0.15, 0.2) is 11.5 Å². The molecule has 2 aliphatic rings. The Kier molecular flexibility index (Phi) is 7.12. The molecule has 0 radical (unpaired) electrons. The van der Waals surface area contributed by atoms with Gasteiger partial charge < -0.3 is 14.2 Å². The molecule has 1 fully saturated rings. The largest absolute Gasteiger partial charge is 0.466 e. The summed E-state index contributed by atoms with van der Waals surface area (Å²) in [7, 11) is -7.76. The Balaban J connectivity index is 1.43. The Morgan fingerprint density at radius 1 is 1.06 bits per heavy atom. The summed E-state index contributed by atoms with van der Waals surface area (Å²) in [6.07, 6.45) is 1.11. The van der Waals surface area contributed by atoms with Crippen molar-refractivity contribution in [1.29, 1.82) is 0 Å². The monoisotopic (exact) mass is 510 g/mol. The first kappa shape index (κ1) is 24.5. The highest BCUT2D eigenvalue weighted by atomic mass is 32.2. The lowest BCUT2D eigenvalue weighted by Crippen LogP contribution is -2.42. The van der Waals surface area contributed by atoms with E-state index in [1.54, 1.807) is 25.1 Å². The average Bonchev–Trinajstić information content (AvgIpc) is 3.31. The van der Waals surface area contributed by atoms with E-state index in [2.05, 4.69) is 4.72 Å². The van der Waals surface area contributed by atoms with Crippen LogP contribution in [-0.2, 0) is 36.1 Å². The van der Waals surface area contributed by atoms with Crippen LogP contribution in [0.25, 0.3) is 0 Å². The smallest absolute Gasteiger partial charge is 0.310 e. The second-order valence-electron chi connectivity index (χ2n) is 7.94. The van der Waals surface area contributed by atoms with Gasteiger partial charge in [0.1, 0.15) is 0 Å². The SMILES string of the molecule is CCOC(=O)C1CCCN(S(=O)(=O)c2ccc(S(=O)(=O)NCc3ccc4c(c3)OCO4)cc2)C1. The van der Waals surface area contributed by atoms with Crippen molar-refractivity contribution in [3.05, 3.63) is 48.0 Å². The number of nitrogens with zero attached hydrogens (tertiary/aromatic N) is 1. The minimum absolute atomic E-state index is 0.0298. The van der Waals surface area contributed by atoms with Crippen LogP contribution in [0, 0.1) is 5.92 Å². The highest BCUT2D eigenvalue weighted by Gasteiger charge is 2.34. The summed E-state index contributed by atoms with van der Waals surface area (Å²) < 4.78 is 70.9. The van der Waals surface area contributed by atoms with Gasteiger partial charge in [-0.05, 0) is 61.7 Å². The van der Waals surface area contributed by atoms with Gasteiger partial charge in [-0.3, -0.25) is 4.79 Å². The number of benzene rings is 2. The van der Waals surface area contributed by atoms with Gasteiger partial charge in [0.25, 0.3) is 0 Å². The van der Waals surface area contributed by atoms with Crippen molar-refractivity contribution < 1.29 is 35.8 Å². The lowest BCUT2D eigenvalue weighted by Gasteiger charge is -2.30. The van der Waals surface area contributed by atoms with E-state index in [9.17, 15) is 21.6 Å². The molecule has 0 spiro atoms. The predicted molar refractivity (Wildman–Crippen MR) is 121 cm³/mol. The molecule has 184 valence electrons. The molecule has 1 atom stereocenters. The first-order valence-corrected chi connectivity index (χ1v) is 13.8. The number of carbonyl (C=O) groups excluding carboxylic acids is 1. The summed E-state index contributed by atoms with van der Waals surface area (Å²) >= 11 is 0. The second kappa shape index (κ2) is 9.90. The Labute approximate surface area is 198 Å². The molecule has 10 nitrogen and oxygen atoms in total. The van der Waals surface area contributed by atoms with E-state index in [0.717, 1.165) is 0 Å². The summed E-state index contributed by atoms with van der Waals surface area (Å²) in [4.78, 5) is 12.0. The molecule has 1 saturated heterocycles. The van der Waals surface area contributed by atoms with Crippen molar-refractivity contribution in [1.82, 2.24) is 9.03 Å². The zero-order valence-corrected chi connectivity index (χ0v) is 20.2. The van der Waals surface area contributed by atoms with E-state index in [1.165, 1.54) is 28.6 Å². The van der Waals surface area contributed by atoms with Crippen LogP contribution in [0.5, 0.6) is 11.5 Å². The van der Waals surface area contributed by atoms with Crippen molar-refractivity contribution in [3.8, 4) is 11.5 Å². The Morgan fingerprint density at radius 3 is 2.50 bits per heavy atom. The number of esters is 1. The summed E-state index contributed by atoms with van der Waals surface area (Å²) in [5.74, 6) is 0.237. The van der Waals surface area contributed by atoms with Crippen LogP contribution in [0.15, 0.2) is 52.3 Å². The number of carbonyl (C=O) groups is 1. The van der Waals surface area contributed by atoms with Crippen molar-refractivity contribution in [2.75, 3.05) is 26.5 Å². The van der Waals surface area contributed by atoms with Crippen molar-refractivity contribution in [3.63, 3.8) is 0 Å². The molecule has 0 bridgehead atoms. The molecule has 0 aliphatic carbocycles. The van der Waals surface area contributed by atoms with Gasteiger partial charge >= 0.3 is 5.97 Å². The first-order valence-electron chi connectivity index (χ1n) is 10.9. The standard InChI is InChI=1S/C22H26N2O8S2/c1-2-30-22(25)17-4-3-11-24(14-17)34(28,29)19-8-6-18(7-9-19)33(26,27)23-13-16-5-10-20-21(12-16)32-15-31-20/h5-10,12,17,23H,2-4,11,13-15H2,1H3. The molecule has 2 heterocycles. The number of sulfonamides is 2. The van der Waals surface area contributed by atoms with E-state index >= 15 is 0 Å². The van der Waals surface area contributed by atoms with Crippen LogP contribution in [0.2, 0.25) is 0 Å². The van der Waals surface area contributed by atoms with Crippen molar-refractivity contribution in [2.24, 2.45) is 5.92 Å². The molecule has 0 amide bonds. The normalized spacial score (nSPS) is 18.6. The molecule has 12 heteroatoms. The lowest BCUT2D eigenvalue weighted by atomic mass is 10.0. The maximum atomic E-state index is 13.1. The second-order valence-corrected chi connectivity index (χ2v) is 11.6. The Hall–Kier alpha value is -2.67. The number of ether oxygens (including phenoxy) is 3. The van der Waals surface area contributed by atoms with Crippen LogP contribution in [0.3, 0.4) is 0 Å². The summed E-state index contributed by atoms with van der Waals surface area (Å²) in [6, 6.07) is 10.2. The molecule has 1 N–H and O–H groups in total. The van der Waals surface area contributed by atoms with Crippen LogP contribution in [0.1, 0.15) is 25.3 Å². The fourth-order valence-corrected chi connectivity index (χ4v) is 6.41. The maximum absolute atomic E-state index is 13.1. The lowest BCUT2D eigenvalue weighted by molar-refractivity contribution is -0.149. The molecular weight excluding hydrogens is 484 g/mol. The third-order valence-electron chi connectivity index (χ3n) is 5.68. The Bertz CT molecular complexity index is 1260. The number of fused-ring (bicyclic) bond motifs is 1. The van der Waals surface area contributed by atoms with E-state index < -0.39 is 31.9 Å². The topological polar surface area (TPSA) is 128 Å². The quantitative estimate of drug-likeness (QED) is 0.533. The van der Waals surface area contributed by atoms with Crippen molar-refractivity contribution >= 4 is 26.0 Å². The molecule has 4 rings (SSSR count). The number of hydrogen-bond donors (Lipinski definition) is 1. The van der Waals surface area contributed by atoms with Crippen LogP contribution < -0.4 is 14.2 Å². The fraction of sp³-hybridized carbons (Fsp3) is 0.409. The third-order valence-corrected chi connectivity index (χ3v) is 8.98. The highest BCUT2D eigenvalue weighted by molar-refractivity contribution is 7.89. The molecule has 0 saturated carbocycles. The fourth-order valence-electron chi connectivity index (χ4n) is 3.87. The van der Waals surface area contributed by atoms with E-state index in [4.69, 9.17) is 14.2 Å². The van der Waals surface area contributed by atoms with E-state index in [0.29, 0.717) is 29.9 Å². The van der Waals surface area contributed by atoms with Gasteiger partial charge in [0, 0.05) is 19.6 Å². The highest BCUT2D eigenvalue weighted by Crippen LogP contribution is 2.32. The summed E-state index contributed by atoms with van der Waals surface area (Å²) in [6.45, 7) is 2.42. The van der Waals surface area contributed by atoms with Crippen LogP contribution >= 0.6 is 0 Å². The molecule has 2 aromatic rings. The Morgan fingerprint density at radius 2 is 1.76 bits per heavy atom.